The third kappa shape index (κ3) is 2.29. The van der Waals surface area contributed by atoms with Crippen LogP contribution >= 0.6 is 0 Å². The lowest BCUT2D eigenvalue weighted by molar-refractivity contribution is 0.135. The van der Waals surface area contributed by atoms with E-state index in [2.05, 4.69) is 17.0 Å². The third-order valence-corrected chi connectivity index (χ3v) is 3.76. The molecule has 0 aliphatic carbocycles. The zero-order valence-corrected chi connectivity index (χ0v) is 10.6. The van der Waals surface area contributed by atoms with Gasteiger partial charge in [0.05, 0.1) is 5.69 Å². The first kappa shape index (κ1) is 11.6. The topological polar surface area (TPSA) is 29.3 Å². The van der Waals surface area contributed by atoms with Gasteiger partial charge in [-0.05, 0) is 39.7 Å². The maximum atomic E-state index is 5.23. The number of aryl methyl sites for hydroxylation is 2. The first-order chi connectivity index (χ1) is 7.72. The van der Waals surface area contributed by atoms with Crippen molar-refractivity contribution >= 4 is 0 Å². The molecule has 1 aliphatic rings. The van der Waals surface area contributed by atoms with Crippen molar-refractivity contribution in [2.45, 2.75) is 59.0 Å². The van der Waals surface area contributed by atoms with E-state index in [4.69, 9.17) is 4.52 Å². The third-order valence-electron chi connectivity index (χ3n) is 3.76. The van der Waals surface area contributed by atoms with Crippen LogP contribution in [0.2, 0.25) is 0 Å². The van der Waals surface area contributed by atoms with E-state index in [9.17, 15) is 0 Å². The van der Waals surface area contributed by atoms with Crippen LogP contribution in [0, 0.1) is 13.8 Å². The summed E-state index contributed by atoms with van der Waals surface area (Å²) >= 11 is 0. The second-order valence-electron chi connectivity index (χ2n) is 4.83. The molecule has 2 heterocycles. The number of nitrogens with zero attached hydrogens (tertiary/aromatic N) is 2. The highest BCUT2D eigenvalue weighted by molar-refractivity contribution is 5.20. The Morgan fingerprint density at radius 2 is 2.19 bits per heavy atom. The fourth-order valence-corrected chi connectivity index (χ4v) is 2.66. The van der Waals surface area contributed by atoms with Crippen LogP contribution in [0.3, 0.4) is 0 Å². The van der Waals surface area contributed by atoms with Gasteiger partial charge in [0.1, 0.15) is 5.76 Å². The van der Waals surface area contributed by atoms with Crippen LogP contribution in [0.1, 0.15) is 49.6 Å². The fourth-order valence-electron chi connectivity index (χ4n) is 2.66. The van der Waals surface area contributed by atoms with Crippen LogP contribution < -0.4 is 0 Å². The largest absolute Gasteiger partial charge is 0.361 e. The van der Waals surface area contributed by atoms with E-state index in [1.54, 1.807) is 0 Å². The number of aromatic nitrogens is 1. The highest BCUT2D eigenvalue weighted by Gasteiger charge is 2.22. The highest BCUT2D eigenvalue weighted by atomic mass is 16.5. The summed E-state index contributed by atoms with van der Waals surface area (Å²) in [6, 6.07) is 0.752. The van der Waals surface area contributed by atoms with Gasteiger partial charge in [-0.15, -0.1) is 0 Å². The lowest BCUT2D eigenvalue weighted by Gasteiger charge is -2.35. The molecule has 0 unspecified atom stereocenters. The Balaban J connectivity index is 2.07. The smallest absolute Gasteiger partial charge is 0.138 e. The van der Waals surface area contributed by atoms with Crippen molar-refractivity contribution in [3.63, 3.8) is 0 Å². The maximum Gasteiger partial charge on any atom is 0.138 e. The first-order valence-corrected chi connectivity index (χ1v) is 6.38. The Morgan fingerprint density at radius 3 is 2.81 bits per heavy atom. The van der Waals surface area contributed by atoms with Gasteiger partial charge >= 0.3 is 0 Å². The molecule has 1 atom stereocenters. The summed E-state index contributed by atoms with van der Waals surface area (Å²) in [6.45, 7) is 8.58. The molecule has 0 spiro atoms. The maximum absolute atomic E-state index is 5.23. The molecule has 16 heavy (non-hydrogen) atoms. The summed E-state index contributed by atoms with van der Waals surface area (Å²) in [6.07, 6.45) is 5.32. The van der Waals surface area contributed by atoms with Crippen LogP contribution in [0.15, 0.2) is 4.52 Å². The predicted octanol–water partition coefficient (Wildman–Crippen LogP) is 3.06. The van der Waals surface area contributed by atoms with Gasteiger partial charge < -0.3 is 4.52 Å². The van der Waals surface area contributed by atoms with Gasteiger partial charge in [0.15, 0.2) is 0 Å². The Morgan fingerprint density at radius 1 is 1.38 bits per heavy atom. The monoisotopic (exact) mass is 222 g/mol. The van der Waals surface area contributed by atoms with Gasteiger partial charge in [-0.3, -0.25) is 4.90 Å². The minimum absolute atomic E-state index is 0.752. The number of rotatable bonds is 3. The Hall–Kier alpha value is -0.830. The standard InChI is InChI=1S/C13H22N2O/c1-4-12-7-5-6-8-15(12)9-13-10(2)14-16-11(13)3/h12H,4-9H2,1-3H3/t12-/m0/s1. The van der Waals surface area contributed by atoms with E-state index in [1.165, 1.54) is 37.8 Å². The minimum Gasteiger partial charge on any atom is -0.361 e. The summed E-state index contributed by atoms with van der Waals surface area (Å²) in [5.41, 5.74) is 2.35. The van der Waals surface area contributed by atoms with Crippen molar-refractivity contribution in [2.75, 3.05) is 6.54 Å². The van der Waals surface area contributed by atoms with Gasteiger partial charge in [-0.2, -0.15) is 0 Å². The lowest BCUT2D eigenvalue weighted by atomic mass is 9.99. The predicted molar refractivity (Wildman–Crippen MR) is 64.3 cm³/mol. The number of likely N-dealkylation sites (tertiary alicyclic amines) is 1. The van der Waals surface area contributed by atoms with Crippen LogP contribution in [0.5, 0.6) is 0 Å². The van der Waals surface area contributed by atoms with Crippen LogP contribution in [-0.4, -0.2) is 22.6 Å². The molecule has 0 bridgehead atoms. The molecule has 1 saturated heterocycles. The number of hydrogen-bond acceptors (Lipinski definition) is 3. The molecule has 0 N–H and O–H groups in total. The summed E-state index contributed by atoms with van der Waals surface area (Å²) in [5, 5.41) is 4.03. The van der Waals surface area contributed by atoms with Crippen molar-refractivity contribution in [2.24, 2.45) is 0 Å². The van der Waals surface area contributed by atoms with Crippen molar-refractivity contribution in [1.29, 1.82) is 0 Å². The molecule has 0 amide bonds. The van der Waals surface area contributed by atoms with Crippen molar-refractivity contribution in [3.8, 4) is 0 Å². The zero-order valence-electron chi connectivity index (χ0n) is 10.6. The normalized spacial score (nSPS) is 22.6. The molecular formula is C13H22N2O. The molecule has 1 aromatic rings. The molecule has 2 rings (SSSR count). The second-order valence-corrected chi connectivity index (χ2v) is 4.83. The second kappa shape index (κ2) is 5.00. The summed E-state index contributed by atoms with van der Waals surface area (Å²) in [5.74, 6) is 0.984. The zero-order chi connectivity index (χ0) is 11.5. The van der Waals surface area contributed by atoms with Gasteiger partial charge in [0, 0.05) is 18.2 Å². The fraction of sp³-hybridized carbons (Fsp3) is 0.769. The van der Waals surface area contributed by atoms with Gasteiger partial charge in [0.25, 0.3) is 0 Å². The van der Waals surface area contributed by atoms with Gasteiger partial charge in [-0.25, -0.2) is 0 Å². The Kier molecular flexibility index (Phi) is 3.64. The summed E-state index contributed by atoms with van der Waals surface area (Å²) in [7, 11) is 0. The van der Waals surface area contributed by atoms with Gasteiger partial charge in [0.2, 0.25) is 0 Å². The first-order valence-electron chi connectivity index (χ1n) is 6.38. The van der Waals surface area contributed by atoms with E-state index in [0.717, 1.165) is 24.0 Å². The quantitative estimate of drug-likeness (QED) is 0.787. The average molecular weight is 222 g/mol. The number of piperidine rings is 1. The SMILES string of the molecule is CC[C@H]1CCCCN1Cc1c(C)noc1C. The summed E-state index contributed by atoms with van der Waals surface area (Å²) < 4.78 is 5.23. The van der Waals surface area contributed by atoms with Crippen molar-refractivity contribution in [3.05, 3.63) is 17.0 Å². The van der Waals surface area contributed by atoms with Crippen molar-refractivity contribution < 1.29 is 4.52 Å². The van der Waals surface area contributed by atoms with E-state index in [0.29, 0.717) is 0 Å². The van der Waals surface area contributed by atoms with Gasteiger partial charge in [-0.1, -0.05) is 18.5 Å². The van der Waals surface area contributed by atoms with Crippen LogP contribution in [0.25, 0.3) is 0 Å². The van der Waals surface area contributed by atoms with Crippen molar-refractivity contribution in [1.82, 2.24) is 10.1 Å². The van der Waals surface area contributed by atoms with Crippen LogP contribution in [0.4, 0.5) is 0 Å². The Bertz CT molecular complexity index is 326. The molecule has 3 nitrogen and oxygen atoms in total. The molecule has 0 radical (unpaired) electrons. The molecule has 1 aromatic heterocycles. The summed E-state index contributed by atoms with van der Waals surface area (Å²) in [4.78, 5) is 2.59. The molecule has 1 fully saturated rings. The minimum atomic E-state index is 0.752. The van der Waals surface area contributed by atoms with E-state index in [-0.39, 0.29) is 0 Å². The average Bonchev–Trinajstić information content (AvgIpc) is 2.61. The molecule has 0 aromatic carbocycles. The highest BCUT2D eigenvalue weighted by Crippen LogP contribution is 2.23. The molecular weight excluding hydrogens is 200 g/mol. The molecule has 1 aliphatic heterocycles. The molecule has 0 saturated carbocycles. The Labute approximate surface area is 97.8 Å². The van der Waals surface area contributed by atoms with E-state index >= 15 is 0 Å². The van der Waals surface area contributed by atoms with Crippen LogP contribution in [-0.2, 0) is 6.54 Å². The molecule has 3 heteroatoms. The van der Waals surface area contributed by atoms with E-state index in [1.807, 2.05) is 13.8 Å². The van der Waals surface area contributed by atoms with E-state index < -0.39 is 0 Å². The number of hydrogen-bond donors (Lipinski definition) is 0. The lowest BCUT2D eigenvalue weighted by Crippen LogP contribution is -2.38. The molecule has 90 valence electrons.